The summed E-state index contributed by atoms with van der Waals surface area (Å²) >= 11 is 0. The molecule has 0 aliphatic rings. The fourth-order valence-electron chi connectivity index (χ4n) is 2.51. The zero-order valence-electron chi connectivity index (χ0n) is 15.9. The molecule has 0 saturated carbocycles. The second kappa shape index (κ2) is 9.48. The van der Waals surface area contributed by atoms with Crippen molar-refractivity contribution in [2.45, 2.75) is 32.3 Å². The minimum Gasteiger partial charge on any atom is -0.458 e. The van der Waals surface area contributed by atoms with Gasteiger partial charge in [-0.25, -0.2) is 13.2 Å². The summed E-state index contributed by atoms with van der Waals surface area (Å²) in [5, 5.41) is 0. The molecule has 0 aliphatic heterocycles. The van der Waals surface area contributed by atoms with Gasteiger partial charge < -0.3 is 4.74 Å². The van der Waals surface area contributed by atoms with E-state index in [4.69, 9.17) is 4.74 Å². The number of benzene rings is 2. The van der Waals surface area contributed by atoms with Crippen molar-refractivity contribution in [2.24, 2.45) is 0 Å². The van der Waals surface area contributed by atoms with E-state index in [2.05, 4.69) is 0 Å². The van der Waals surface area contributed by atoms with Crippen molar-refractivity contribution in [3.05, 3.63) is 71.3 Å². The average molecular weight is 388 g/mol. The number of hydrogen-bond acceptors (Lipinski definition) is 4. The van der Waals surface area contributed by atoms with Crippen molar-refractivity contribution in [1.82, 2.24) is 4.31 Å². The second-order valence-corrected chi connectivity index (χ2v) is 8.02. The number of aryl methyl sites for hydroxylation is 1. The maximum atomic E-state index is 12.4. The van der Waals surface area contributed by atoms with Gasteiger partial charge in [0.25, 0.3) is 0 Å². The molecule has 0 spiro atoms. The van der Waals surface area contributed by atoms with E-state index in [0.717, 1.165) is 16.7 Å². The molecule has 0 N–H and O–H groups in total. The number of ether oxygens (including phenoxy) is 1. The van der Waals surface area contributed by atoms with Crippen LogP contribution in [-0.4, -0.2) is 31.8 Å². The van der Waals surface area contributed by atoms with Gasteiger partial charge in [-0.2, -0.15) is 4.31 Å². The Balaban J connectivity index is 1.97. The summed E-state index contributed by atoms with van der Waals surface area (Å²) in [6.07, 6.45) is 2.94. The van der Waals surface area contributed by atoms with Crippen LogP contribution in [0.2, 0.25) is 0 Å². The van der Waals surface area contributed by atoms with Crippen LogP contribution in [0, 0.1) is 6.92 Å². The van der Waals surface area contributed by atoms with Crippen LogP contribution in [0.1, 0.15) is 30.5 Å². The van der Waals surface area contributed by atoms with Crippen LogP contribution in [0.3, 0.4) is 0 Å². The SMILES string of the molecule is CCN(CC)S(=O)(=O)c1ccc(/C=C/C(=O)OCc2ccc(C)cc2)cc1. The van der Waals surface area contributed by atoms with Crippen molar-refractivity contribution in [3.63, 3.8) is 0 Å². The van der Waals surface area contributed by atoms with Crippen LogP contribution < -0.4 is 0 Å². The normalized spacial score (nSPS) is 11.9. The molecule has 0 aromatic heterocycles. The first-order valence-electron chi connectivity index (χ1n) is 8.87. The highest BCUT2D eigenvalue weighted by molar-refractivity contribution is 7.89. The Hall–Kier alpha value is -2.44. The molecular weight excluding hydrogens is 362 g/mol. The first-order chi connectivity index (χ1) is 12.9. The van der Waals surface area contributed by atoms with Gasteiger partial charge in [0, 0.05) is 19.2 Å². The zero-order valence-corrected chi connectivity index (χ0v) is 16.7. The molecule has 2 aromatic rings. The van der Waals surface area contributed by atoms with E-state index in [1.165, 1.54) is 10.4 Å². The summed E-state index contributed by atoms with van der Waals surface area (Å²) in [6.45, 7) is 6.67. The van der Waals surface area contributed by atoms with Crippen LogP contribution >= 0.6 is 0 Å². The van der Waals surface area contributed by atoms with Crippen LogP contribution in [0.4, 0.5) is 0 Å². The monoisotopic (exact) mass is 387 g/mol. The molecule has 0 amide bonds. The van der Waals surface area contributed by atoms with E-state index in [1.807, 2.05) is 31.2 Å². The lowest BCUT2D eigenvalue weighted by Gasteiger charge is -2.18. The van der Waals surface area contributed by atoms with E-state index in [9.17, 15) is 13.2 Å². The predicted molar refractivity (Wildman–Crippen MR) is 107 cm³/mol. The van der Waals surface area contributed by atoms with Gasteiger partial charge in [-0.05, 0) is 36.3 Å². The molecule has 0 saturated heterocycles. The highest BCUT2D eigenvalue weighted by atomic mass is 32.2. The number of esters is 1. The maximum absolute atomic E-state index is 12.4. The predicted octanol–water partition coefficient (Wildman–Crippen LogP) is 3.78. The van der Waals surface area contributed by atoms with E-state index in [-0.39, 0.29) is 11.5 Å². The number of carbonyl (C=O) groups is 1. The standard InChI is InChI=1S/C21H25NO4S/c1-4-22(5-2)27(24,25)20-13-10-18(11-14-20)12-15-21(23)26-16-19-8-6-17(3)7-9-19/h6-15H,4-5,16H2,1-3H3/b15-12+. The molecule has 2 rings (SSSR count). The molecule has 0 radical (unpaired) electrons. The molecule has 0 aliphatic carbocycles. The third kappa shape index (κ3) is 5.77. The molecule has 5 nitrogen and oxygen atoms in total. The average Bonchev–Trinajstić information content (AvgIpc) is 2.67. The highest BCUT2D eigenvalue weighted by Crippen LogP contribution is 2.17. The molecule has 0 atom stereocenters. The Morgan fingerprint density at radius 2 is 1.59 bits per heavy atom. The Kier molecular flexibility index (Phi) is 7.33. The molecule has 2 aromatic carbocycles. The second-order valence-electron chi connectivity index (χ2n) is 6.09. The number of sulfonamides is 1. The third-order valence-electron chi connectivity index (χ3n) is 4.14. The van der Waals surface area contributed by atoms with Gasteiger partial charge in [0.15, 0.2) is 0 Å². The van der Waals surface area contributed by atoms with Crippen molar-refractivity contribution in [2.75, 3.05) is 13.1 Å². The van der Waals surface area contributed by atoms with Crippen molar-refractivity contribution < 1.29 is 17.9 Å². The van der Waals surface area contributed by atoms with E-state index < -0.39 is 16.0 Å². The number of nitrogens with zero attached hydrogens (tertiary/aromatic N) is 1. The lowest BCUT2D eigenvalue weighted by molar-refractivity contribution is -0.138. The molecule has 0 heterocycles. The van der Waals surface area contributed by atoms with Gasteiger partial charge in [-0.3, -0.25) is 0 Å². The van der Waals surface area contributed by atoms with Gasteiger partial charge in [-0.15, -0.1) is 0 Å². The lowest BCUT2D eigenvalue weighted by atomic mass is 10.2. The van der Waals surface area contributed by atoms with E-state index >= 15 is 0 Å². The molecule has 0 bridgehead atoms. The molecule has 0 fully saturated rings. The van der Waals surface area contributed by atoms with Crippen molar-refractivity contribution in [3.8, 4) is 0 Å². The van der Waals surface area contributed by atoms with Crippen molar-refractivity contribution in [1.29, 1.82) is 0 Å². The van der Waals surface area contributed by atoms with E-state index in [0.29, 0.717) is 13.1 Å². The minimum absolute atomic E-state index is 0.213. The van der Waals surface area contributed by atoms with Crippen LogP contribution in [-0.2, 0) is 26.2 Å². The quantitative estimate of drug-likeness (QED) is 0.511. The first kappa shape index (κ1) is 20.9. The molecule has 0 unspecified atom stereocenters. The Bertz CT molecular complexity index is 881. The summed E-state index contributed by atoms with van der Waals surface area (Å²) in [6, 6.07) is 14.2. The smallest absolute Gasteiger partial charge is 0.331 e. The first-order valence-corrected chi connectivity index (χ1v) is 10.3. The Morgan fingerprint density at radius 3 is 2.15 bits per heavy atom. The van der Waals surface area contributed by atoms with Crippen LogP contribution in [0.15, 0.2) is 59.5 Å². The van der Waals surface area contributed by atoms with Gasteiger partial charge >= 0.3 is 5.97 Å². The highest BCUT2D eigenvalue weighted by Gasteiger charge is 2.20. The van der Waals surface area contributed by atoms with Crippen LogP contribution in [0.5, 0.6) is 0 Å². The topological polar surface area (TPSA) is 63.7 Å². The minimum atomic E-state index is -3.47. The third-order valence-corrected chi connectivity index (χ3v) is 6.20. The largest absolute Gasteiger partial charge is 0.458 e. The van der Waals surface area contributed by atoms with E-state index in [1.54, 1.807) is 44.2 Å². The molecule has 144 valence electrons. The van der Waals surface area contributed by atoms with Gasteiger partial charge in [0.05, 0.1) is 4.90 Å². The zero-order chi connectivity index (χ0) is 19.9. The molecule has 27 heavy (non-hydrogen) atoms. The summed E-state index contributed by atoms with van der Waals surface area (Å²) in [7, 11) is -3.47. The van der Waals surface area contributed by atoms with Crippen molar-refractivity contribution >= 4 is 22.1 Å². The summed E-state index contributed by atoms with van der Waals surface area (Å²) in [4.78, 5) is 12.1. The lowest BCUT2D eigenvalue weighted by Crippen LogP contribution is -2.30. The summed E-state index contributed by atoms with van der Waals surface area (Å²) < 4.78 is 31.5. The maximum Gasteiger partial charge on any atom is 0.331 e. The van der Waals surface area contributed by atoms with Gasteiger partial charge in [0.2, 0.25) is 10.0 Å². The number of carbonyl (C=O) groups excluding carboxylic acids is 1. The number of rotatable bonds is 8. The fourth-order valence-corrected chi connectivity index (χ4v) is 3.97. The Morgan fingerprint density at radius 1 is 1.00 bits per heavy atom. The molecule has 6 heteroatoms. The fraction of sp³-hybridized carbons (Fsp3) is 0.286. The summed E-state index contributed by atoms with van der Waals surface area (Å²) in [5.41, 5.74) is 2.80. The van der Waals surface area contributed by atoms with Crippen LogP contribution in [0.25, 0.3) is 6.08 Å². The Labute approximate surface area is 161 Å². The molecular formula is C21H25NO4S. The van der Waals surface area contributed by atoms with Gasteiger partial charge in [-0.1, -0.05) is 55.8 Å². The number of hydrogen-bond donors (Lipinski definition) is 0. The summed E-state index contributed by atoms with van der Waals surface area (Å²) in [5.74, 6) is -0.449. The van der Waals surface area contributed by atoms with Gasteiger partial charge in [0.1, 0.15) is 6.61 Å².